The second kappa shape index (κ2) is 8.14. The van der Waals surface area contributed by atoms with Crippen molar-refractivity contribution >= 4 is 37.3 Å². The standard InChI is InChI=1S/C19H19FN2O3S2/c1-2-22-16-6-3-4-7-17(16)26-19(22)21-18(23)8-5-13-27(24,25)15-11-9-14(20)10-12-15/h3-4,6-7,9-12H,2,5,8,13H2,1H3. The first-order valence-electron chi connectivity index (χ1n) is 8.55. The lowest BCUT2D eigenvalue weighted by atomic mass is 10.3. The first-order chi connectivity index (χ1) is 12.9. The molecule has 5 nitrogen and oxygen atoms in total. The molecule has 142 valence electrons. The van der Waals surface area contributed by atoms with Crippen LogP contribution in [0.4, 0.5) is 4.39 Å². The molecular formula is C19H19FN2O3S2. The van der Waals surface area contributed by atoms with Crippen molar-refractivity contribution < 1.29 is 17.6 Å². The fraction of sp³-hybridized carbons (Fsp3) is 0.263. The average molecular weight is 407 g/mol. The zero-order valence-electron chi connectivity index (χ0n) is 14.8. The number of fused-ring (bicyclic) bond motifs is 1. The van der Waals surface area contributed by atoms with Crippen LogP contribution in [0.15, 0.2) is 58.4 Å². The smallest absolute Gasteiger partial charge is 0.248 e. The van der Waals surface area contributed by atoms with Crippen molar-refractivity contribution in [1.82, 2.24) is 4.57 Å². The van der Waals surface area contributed by atoms with E-state index < -0.39 is 15.7 Å². The summed E-state index contributed by atoms with van der Waals surface area (Å²) in [7, 11) is -3.54. The summed E-state index contributed by atoms with van der Waals surface area (Å²) in [5, 5.41) is 0. The lowest BCUT2D eigenvalue weighted by Gasteiger charge is -2.03. The lowest BCUT2D eigenvalue weighted by Crippen LogP contribution is -2.16. The third-order valence-electron chi connectivity index (χ3n) is 4.10. The van der Waals surface area contributed by atoms with Gasteiger partial charge in [0.15, 0.2) is 14.6 Å². The van der Waals surface area contributed by atoms with Crippen LogP contribution in [-0.4, -0.2) is 24.6 Å². The Bertz CT molecular complexity index is 1130. The highest BCUT2D eigenvalue weighted by molar-refractivity contribution is 7.91. The van der Waals surface area contributed by atoms with Gasteiger partial charge in [0.05, 0.1) is 20.9 Å². The van der Waals surface area contributed by atoms with Crippen LogP contribution in [0.3, 0.4) is 0 Å². The van der Waals surface area contributed by atoms with Gasteiger partial charge < -0.3 is 4.57 Å². The molecule has 0 fully saturated rings. The van der Waals surface area contributed by atoms with Gasteiger partial charge in [-0.05, 0) is 49.7 Å². The number of amides is 1. The molecule has 0 saturated heterocycles. The normalized spacial score (nSPS) is 12.6. The molecule has 0 aliphatic carbocycles. The maximum atomic E-state index is 12.9. The summed E-state index contributed by atoms with van der Waals surface area (Å²) in [6.45, 7) is 2.67. The number of halogens is 1. The second-order valence-corrected chi connectivity index (χ2v) is 9.10. The largest absolute Gasteiger partial charge is 0.317 e. The fourth-order valence-electron chi connectivity index (χ4n) is 2.75. The number of hydrogen-bond acceptors (Lipinski definition) is 4. The zero-order chi connectivity index (χ0) is 19.4. The maximum Gasteiger partial charge on any atom is 0.248 e. The minimum atomic E-state index is -3.54. The second-order valence-electron chi connectivity index (χ2n) is 5.98. The van der Waals surface area contributed by atoms with Gasteiger partial charge in [0.2, 0.25) is 5.91 Å². The first-order valence-corrected chi connectivity index (χ1v) is 11.0. The number of sulfone groups is 1. The fourth-order valence-corrected chi connectivity index (χ4v) is 5.17. The van der Waals surface area contributed by atoms with Crippen LogP contribution in [0.25, 0.3) is 10.2 Å². The van der Waals surface area contributed by atoms with Crippen molar-refractivity contribution in [3.8, 4) is 0 Å². The number of aromatic nitrogens is 1. The van der Waals surface area contributed by atoms with Crippen LogP contribution >= 0.6 is 11.3 Å². The predicted molar refractivity (Wildman–Crippen MR) is 104 cm³/mol. The van der Waals surface area contributed by atoms with Crippen molar-refractivity contribution in [2.45, 2.75) is 31.2 Å². The van der Waals surface area contributed by atoms with Crippen molar-refractivity contribution in [2.75, 3.05) is 5.75 Å². The number of benzene rings is 2. The Hall–Kier alpha value is -2.32. The van der Waals surface area contributed by atoms with Crippen LogP contribution in [0.1, 0.15) is 19.8 Å². The van der Waals surface area contributed by atoms with E-state index in [4.69, 9.17) is 0 Å². The van der Waals surface area contributed by atoms with Gasteiger partial charge in [0.1, 0.15) is 5.82 Å². The Morgan fingerprint density at radius 1 is 1.15 bits per heavy atom. The molecule has 0 atom stereocenters. The van der Waals surface area contributed by atoms with Gasteiger partial charge in [0.25, 0.3) is 0 Å². The molecule has 3 rings (SSSR count). The Morgan fingerprint density at radius 3 is 2.56 bits per heavy atom. The summed E-state index contributed by atoms with van der Waals surface area (Å²) in [6.07, 6.45) is 0.206. The number of para-hydroxylation sites is 1. The van der Waals surface area contributed by atoms with E-state index in [0.29, 0.717) is 11.3 Å². The van der Waals surface area contributed by atoms with E-state index >= 15 is 0 Å². The summed E-state index contributed by atoms with van der Waals surface area (Å²) in [6, 6.07) is 12.5. The van der Waals surface area contributed by atoms with Crippen LogP contribution in [0.2, 0.25) is 0 Å². The molecule has 8 heteroatoms. The molecule has 3 aromatic rings. The lowest BCUT2D eigenvalue weighted by molar-refractivity contribution is -0.118. The van der Waals surface area contributed by atoms with E-state index in [1.54, 1.807) is 0 Å². The van der Waals surface area contributed by atoms with Crippen molar-refractivity contribution in [3.05, 3.63) is 59.1 Å². The molecule has 1 heterocycles. The van der Waals surface area contributed by atoms with Gasteiger partial charge in [-0.25, -0.2) is 12.8 Å². The summed E-state index contributed by atoms with van der Waals surface area (Å²) < 4.78 is 40.4. The molecule has 0 N–H and O–H groups in total. The minimum Gasteiger partial charge on any atom is -0.317 e. The highest BCUT2D eigenvalue weighted by Crippen LogP contribution is 2.17. The van der Waals surface area contributed by atoms with Gasteiger partial charge in [-0.15, -0.1) is 0 Å². The molecule has 0 radical (unpaired) electrons. The SMILES string of the molecule is CCn1c(=NC(=O)CCCS(=O)(=O)c2ccc(F)cc2)sc2ccccc21. The minimum absolute atomic E-state index is 0.0401. The molecule has 0 saturated carbocycles. The molecular weight excluding hydrogens is 387 g/mol. The molecule has 1 amide bonds. The van der Waals surface area contributed by atoms with E-state index in [0.717, 1.165) is 22.3 Å². The first kappa shape index (κ1) is 19.4. The number of aryl methyl sites for hydroxylation is 1. The highest BCUT2D eigenvalue weighted by atomic mass is 32.2. The number of nitrogens with zero attached hydrogens (tertiary/aromatic N) is 2. The third-order valence-corrected chi connectivity index (χ3v) is 6.98. The van der Waals surface area contributed by atoms with Gasteiger partial charge in [-0.3, -0.25) is 4.79 Å². The maximum absolute atomic E-state index is 12.9. The summed E-state index contributed by atoms with van der Waals surface area (Å²) in [5.41, 5.74) is 1.02. The van der Waals surface area contributed by atoms with Crippen LogP contribution in [0, 0.1) is 5.82 Å². The van der Waals surface area contributed by atoms with Crippen molar-refractivity contribution in [1.29, 1.82) is 0 Å². The Kier molecular flexibility index (Phi) is 5.86. The van der Waals surface area contributed by atoms with Gasteiger partial charge in [0, 0.05) is 13.0 Å². The van der Waals surface area contributed by atoms with E-state index in [9.17, 15) is 17.6 Å². The molecule has 0 spiro atoms. The molecule has 0 aliphatic rings. The molecule has 0 unspecified atom stereocenters. The number of rotatable bonds is 6. The molecule has 27 heavy (non-hydrogen) atoms. The van der Waals surface area contributed by atoms with E-state index in [-0.39, 0.29) is 29.4 Å². The quantitative estimate of drug-likeness (QED) is 0.588. The monoisotopic (exact) mass is 406 g/mol. The van der Waals surface area contributed by atoms with Crippen LogP contribution in [0.5, 0.6) is 0 Å². The number of thiazole rings is 1. The topological polar surface area (TPSA) is 68.5 Å². The molecule has 0 aliphatic heterocycles. The van der Waals surface area contributed by atoms with E-state index in [1.165, 1.54) is 23.5 Å². The summed E-state index contributed by atoms with van der Waals surface area (Å²) in [4.78, 5) is 17.0. The third kappa shape index (κ3) is 4.51. The Labute approximate surface area is 160 Å². The van der Waals surface area contributed by atoms with Gasteiger partial charge in [-0.2, -0.15) is 4.99 Å². The summed E-state index contributed by atoms with van der Waals surface area (Å²) in [5.74, 6) is -1.02. The van der Waals surface area contributed by atoms with E-state index in [2.05, 4.69) is 4.99 Å². The number of hydrogen-bond donors (Lipinski definition) is 0. The molecule has 1 aromatic heterocycles. The predicted octanol–water partition coefficient (Wildman–Crippen LogP) is 3.54. The van der Waals surface area contributed by atoms with Crippen molar-refractivity contribution in [3.63, 3.8) is 0 Å². The van der Waals surface area contributed by atoms with Gasteiger partial charge in [-0.1, -0.05) is 23.5 Å². The Morgan fingerprint density at radius 2 is 1.85 bits per heavy atom. The molecule has 2 aromatic carbocycles. The average Bonchev–Trinajstić information content (AvgIpc) is 2.98. The van der Waals surface area contributed by atoms with E-state index in [1.807, 2.05) is 35.8 Å². The van der Waals surface area contributed by atoms with Gasteiger partial charge >= 0.3 is 0 Å². The number of carbonyl (C=O) groups is 1. The van der Waals surface area contributed by atoms with Crippen molar-refractivity contribution in [2.24, 2.45) is 4.99 Å². The van der Waals surface area contributed by atoms with Crippen LogP contribution in [-0.2, 0) is 21.2 Å². The Balaban J connectivity index is 1.70. The highest BCUT2D eigenvalue weighted by Gasteiger charge is 2.15. The summed E-state index contributed by atoms with van der Waals surface area (Å²) >= 11 is 1.44. The number of carbonyl (C=O) groups excluding carboxylic acids is 1. The molecule has 0 bridgehead atoms. The zero-order valence-corrected chi connectivity index (χ0v) is 16.4. The van der Waals surface area contributed by atoms with Crippen LogP contribution < -0.4 is 4.80 Å².